The van der Waals surface area contributed by atoms with Gasteiger partial charge in [0.2, 0.25) is 0 Å². The Morgan fingerprint density at radius 3 is 2.43 bits per heavy atom. The molecular weight excluding hydrogens is 431 g/mol. The molecule has 0 aliphatic carbocycles. The Balaban J connectivity index is 1.91. The van der Waals surface area contributed by atoms with E-state index >= 15 is 0 Å². The number of ether oxygens (including phenoxy) is 1. The van der Waals surface area contributed by atoms with Gasteiger partial charge in [0.1, 0.15) is 5.75 Å². The standard InChI is InChI=1S/C22H23BrF3NO/c1-21(2,18-12-16(23)8-9-20(18)28-3)13-15(22(24,25)26)11-17-10-14-6-4-5-7-19(14)27-17/h4-10,12,15,27H,11,13H2,1-3H3. The van der Waals surface area contributed by atoms with Gasteiger partial charge in [0.15, 0.2) is 0 Å². The summed E-state index contributed by atoms with van der Waals surface area (Å²) in [7, 11) is 1.54. The van der Waals surface area contributed by atoms with E-state index in [1.807, 2.05) is 50.2 Å². The Morgan fingerprint density at radius 2 is 1.79 bits per heavy atom. The fourth-order valence-corrected chi connectivity index (χ4v) is 4.11. The van der Waals surface area contributed by atoms with Crippen LogP contribution in [0.5, 0.6) is 5.75 Å². The fraction of sp³-hybridized carbons (Fsp3) is 0.364. The molecule has 2 aromatic carbocycles. The first-order valence-electron chi connectivity index (χ1n) is 9.07. The third-order valence-electron chi connectivity index (χ3n) is 5.16. The molecule has 1 aromatic heterocycles. The minimum atomic E-state index is -4.30. The third-order valence-corrected chi connectivity index (χ3v) is 5.66. The molecule has 2 nitrogen and oxygen atoms in total. The number of benzene rings is 2. The molecule has 0 saturated carbocycles. The molecule has 0 aliphatic rings. The number of methoxy groups -OCH3 is 1. The van der Waals surface area contributed by atoms with Crippen LogP contribution in [0.4, 0.5) is 13.2 Å². The molecule has 0 spiro atoms. The van der Waals surface area contributed by atoms with Crippen molar-refractivity contribution in [3.8, 4) is 5.75 Å². The lowest BCUT2D eigenvalue weighted by atomic mass is 9.75. The van der Waals surface area contributed by atoms with Crippen molar-refractivity contribution in [3.63, 3.8) is 0 Å². The Morgan fingerprint density at radius 1 is 1.07 bits per heavy atom. The smallest absolute Gasteiger partial charge is 0.392 e. The van der Waals surface area contributed by atoms with E-state index < -0.39 is 17.5 Å². The highest BCUT2D eigenvalue weighted by Crippen LogP contribution is 2.43. The van der Waals surface area contributed by atoms with Crippen LogP contribution >= 0.6 is 15.9 Å². The van der Waals surface area contributed by atoms with Crippen molar-refractivity contribution in [3.05, 3.63) is 64.3 Å². The minimum Gasteiger partial charge on any atom is -0.496 e. The van der Waals surface area contributed by atoms with Gasteiger partial charge in [-0.2, -0.15) is 13.2 Å². The summed E-state index contributed by atoms with van der Waals surface area (Å²) in [5.41, 5.74) is 1.49. The van der Waals surface area contributed by atoms with E-state index in [0.717, 1.165) is 20.9 Å². The van der Waals surface area contributed by atoms with Gasteiger partial charge in [-0.3, -0.25) is 0 Å². The summed E-state index contributed by atoms with van der Waals surface area (Å²) in [4.78, 5) is 3.12. The molecule has 6 heteroatoms. The zero-order valence-electron chi connectivity index (χ0n) is 16.0. The maximum absolute atomic E-state index is 13.9. The number of aromatic nitrogens is 1. The Kier molecular flexibility index (Phi) is 5.80. The Bertz CT molecular complexity index is 929. The zero-order chi connectivity index (χ0) is 20.5. The van der Waals surface area contributed by atoms with E-state index in [1.165, 1.54) is 7.11 Å². The van der Waals surface area contributed by atoms with Crippen molar-refractivity contribution < 1.29 is 17.9 Å². The second kappa shape index (κ2) is 7.82. The fourth-order valence-electron chi connectivity index (χ4n) is 3.75. The molecule has 150 valence electrons. The van der Waals surface area contributed by atoms with Crippen molar-refractivity contribution in [2.75, 3.05) is 7.11 Å². The number of H-pyrrole nitrogens is 1. The lowest BCUT2D eigenvalue weighted by Gasteiger charge is -2.32. The van der Waals surface area contributed by atoms with Gasteiger partial charge in [0.05, 0.1) is 13.0 Å². The lowest BCUT2D eigenvalue weighted by molar-refractivity contribution is -0.179. The number of rotatable bonds is 6. The van der Waals surface area contributed by atoms with Crippen molar-refractivity contribution in [1.29, 1.82) is 0 Å². The number of halogens is 4. The van der Waals surface area contributed by atoms with E-state index in [-0.39, 0.29) is 12.8 Å². The molecule has 1 atom stereocenters. The first kappa shape index (κ1) is 20.8. The number of para-hydroxylation sites is 1. The predicted octanol–water partition coefficient (Wildman–Crippen LogP) is 7.03. The number of aromatic amines is 1. The first-order chi connectivity index (χ1) is 13.1. The van der Waals surface area contributed by atoms with Crippen LogP contribution in [0.15, 0.2) is 53.0 Å². The van der Waals surface area contributed by atoms with Crippen LogP contribution in [0.25, 0.3) is 10.9 Å². The Hall–Kier alpha value is -1.95. The monoisotopic (exact) mass is 453 g/mol. The Labute approximate surface area is 171 Å². The first-order valence-corrected chi connectivity index (χ1v) is 9.87. The topological polar surface area (TPSA) is 25.0 Å². The maximum Gasteiger partial charge on any atom is 0.392 e. The largest absolute Gasteiger partial charge is 0.496 e. The van der Waals surface area contributed by atoms with E-state index in [1.54, 1.807) is 12.1 Å². The quantitative estimate of drug-likeness (QED) is 0.425. The molecule has 3 rings (SSSR count). The minimum absolute atomic E-state index is 0.0430. The van der Waals surface area contributed by atoms with Crippen LogP contribution in [-0.4, -0.2) is 18.3 Å². The van der Waals surface area contributed by atoms with Gasteiger partial charge in [-0.15, -0.1) is 0 Å². The number of alkyl halides is 3. The van der Waals surface area contributed by atoms with Gasteiger partial charge in [-0.25, -0.2) is 0 Å². The lowest BCUT2D eigenvalue weighted by Crippen LogP contribution is -2.32. The van der Waals surface area contributed by atoms with Gasteiger partial charge < -0.3 is 9.72 Å². The molecule has 0 aliphatic heterocycles. The van der Waals surface area contributed by atoms with E-state index in [0.29, 0.717) is 11.4 Å². The number of hydrogen-bond donors (Lipinski definition) is 1. The predicted molar refractivity (Wildman–Crippen MR) is 110 cm³/mol. The summed E-state index contributed by atoms with van der Waals surface area (Å²) in [5, 5.41) is 0.923. The molecule has 1 unspecified atom stereocenters. The van der Waals surface area contributed by atoms with Gasteiger partial charge in [-0.1, -0.05) is 48.0 Å². The summed E-state index contributed by atoms with van der Waals surface area (Å²) in [6.07, 6.45) is -4.43. The number of hydrogen-bond acceptors (Lipinski definition) is 1. The maximum atomic E-state index is 13.9. The van der Waals surface area contributed by atoms with Crippen LogP contribution in [0.2, 0.25) is 0 Å². The van der Waals surface area contributed by atoms with E-state index in [4.69, 9.17) is 4.74 Å². The molecule has 28 heavy (non-hydrogen) atoms. The van der Waals surface area contributed by atoms with Crippen molar-refractivity contribution in [2.24, 2.45) is 5.92 Å². The highest BCUT2D eigenvalue weighted by Gasteiger charge is 2.43. The van der Waals surface area contributed by atoms with Gasteiger partial charge >= 0.3 is 6.18 Å². The van der Waals surface area contributed by atoms with Crippen LogP contribution < -0.4 is 4.74 Å². The summed E-state index contributed by atoms with van der Waals surface area (Å²) < 4.78 is 48.0. The van der Waals surface area contributed by atoms with E-state index in [2.05, 4.69) is 20.9 Å². The third kappa shape index (κ3) is 4.54. The molecule has 1 N–H and O–H groups in total. The molecule has 0 bridgehead atoms. The number of nitrogens with one attached hydrogen (secondary N) is 1. The van der Waals surface area contributed by atoms with E-state index in [9.17, 15) is 13.2 Å². The average Bonchev–Trinajstić information content (AvgIpc) is 3.02. The van der Waals surface area contributed by atoms with Gasteiger partial charge in [-0.05, 0) is 54.0 Å². The molecule has 0 saturated heterocycles. The van der Waals surface area contributed by atoms with Crippen molar-refractivity contribution in [1.82, 2.24) is 4.98 Å². The van der Waals surface area contributed by atoms with Crippen molar-refractivity contribution >= 4 is 26.8 Å². The van der Waals surface area contributed by atoms with Crippen molar-refractivity contribution in [2.45, 2.75) is 38.3 Å². The molecule has 1 heterocycles. The van der Waals surface area contributed by atoms with Crippen LogP contribution in [0.1, 0.15) is 31.5 Å². The zero-order valence-corrected chi connectivity index (χ0v) is 17.6. The summed E-state index contributed by atoms with van der Waals surface area (Å²) in [6.45, 7) is 3.67. The molecule has 0 amide bonds. The molecule has 0 radical (unpaired) electrons. The van der Waals surface area contributed by atoms with Gasteiger partial charge in [0.25, 0.3) is 0 Å². The summed E-state index contributed by atoms with van der Waals surface area (Å²) in [5.74, 6) is -0.876. The SMILES string of the molecule is COc1ccc(Br)cc1C(C)(C)CC(Cc1cc2ccccc2[nH]1)C(F)(F)F. The molecular formula is C22H23BrF3NO. The molecule has 3 aromatic rings. The number of fused-ring (bicyclic) bond motifs is 1. The highest BCUT2D eigenvalue weighted by atomic mass is 79.9. The summed E-state index contributed by atoms with van der Waals surface area (Å²) >= 11 is 3.41. The molecule has 0 fully saturated rings. The normalized spacial score (nSPS) is 13.7. The second-order valence-electron chi connectivity index (χ2n) is 7.76. The van der Waals surface area contributed by atoms with Crippen LogP contribution in [-0.2, 0) is 11.8 Å². The average molecular weight is 454 g/mol. The van der Waals surface area contributed by atoms with Crippen LogP contribution in [0, 0.1) is 5.92 Å². The summed E-state index contributed by atoms with van der Waals surface area (Å²) in [6, 6.07) is 14.8. The highest BCUT2D eigenvalue weighted by molar-refractivity contribution is 9.10. The van der Waals surface area contributed by atoms with Gasteiger partial charge in [0, 0.05) is 21.2 Å². The van der Waals surface area contributed by atoms with Crippen LogP contribution in [0.3, 0.4) is 0 Å². The second-order valence-corrected chi connectivity index (χ2v) is 8.67.